The van der Waals surface area contributed by atoms with E-state index in [1.807, 2.05) is 54.6 Å². The van der Waals surface area contributed by atoms with E-state index in [4.69, 9.17) is 11.6 Å². The Hall–Kier alpha value is -3.32. The fraction of sp³-hybridized carbons (Fsp3) is 0. The van der Waals surface area contributed by atoms with Gasteiger partial charge in [-0.1, -0.05) is 47.5 Å². The Labute approximate surface area is 198 Å². The van der Waals surface area contributed by atoms with E-state index in [0.29, 0.717) is 16.3 Å². The van der Waals surface area contributed by atoms with Gasteiger partial charge in [0.2, 0.25) is 0 Å². The van der Waals surface area contributed by atoms with Crippen LogP contribution in [-0.4, -0.2) is 15.1 Å². The zero-order chi connectivity index (χ0) is 20.5. The van der Waals surface area contributed by atoms with Crippen LogP contribution in [0.5, 0.6) is 5.75 Å². The van der Waals surface area contributed by atoms with E-state index in [0.717, 1.165) is 32.6 Å². The van der Waals surface area contributed by atoms with Crippen LogP contribution in [0.15, 0.2) is 79.0 Å². The smallest absolute Gasteiger partial charge is 0.190 e. The first kappa shape index (κ1) is 20.9. The number of aromatic hydroxyl groups is 1. The van der Waals surface area contributed by atoms with Crippen molar-refractivity contribution >= 4 is 27.2 Å². The molecule has 4 nitrogen and oxygen atoms in total. The summed E-state index contributed by atoms with van der Waals surface area (Å²) >= 11 is 1.51. The Morgan fingerprint density at radius 2 is 1.74 bits per heavy atom. The van der Waals surface area contributed by atoms with E-state index in [-0.39, 0.29) is 26.8 Å². The van der Waals surface area contributed by atoms with Gasteiger partial charge in [-0.25, -0.2) is 9.83 Å². The molecule has 0 bridgehead atoms. The number of phenols is 1. The SMILES string of the molecule is [C-]#[N+]c1ccc(-c2nc3c(-c4[c-]c(-c5ccccn5)ccc4)cccc3s2)c(O)c1.[Pt]. The summed E-state index contributed by atoms with van der Waals surface area (Å²) in [6.07, 6.45) is 1.77. The number of nitrogens with zero attached hydrogens (tertiary/aromatic N) is 3. The van der Waals surface area contributed by atoms with Crippen LogP contribution in [0.4, 0.5) is 5.69 Å². The molecule has 0 aliphatic rings. The fourth-order valence-corrected chi connectivity index (χ4v) is 4.38. The van der Waals surface area contributed by atoms with Crippen LogP contribution < -0.4 is 0 Å². The topological polar surface area (TPSA) is 50.4 Å². The van der Waals surface area contributed by atoms with Crippen LogP contribution in [-0.2, 0) is 21.1 Å². The summed E-state index contributed by atoms with van der Waals surface area (Å²) in [7, 11) is 0. The minimum atomic E-state index is 0. The molecule has 0 aliphatic heterocycles. The number of pyridine rings is 1. The third kappa shape index (κ3) is 4.01. The van der Waals surface area contributed by atoms with E-state index in [9.17, 15) is 5.11 Å². The van der Waals surface area contributed by atoms with Crippen LogP contribution in [0.25, 0.3) is 48.0 Å². The summed E-state index contributed by atoms with van der Waals surface area (Å²) in [5.74, 6) is 0.0628. The standard InChI is InChI=1S/C25H14N3OS.Pt/c1-26-18-11-12-20(22(29)15-18)25-28-24-19(8-5-10-23(24)30-25)16-6-4-7-17(14-16)21-9-2-3-13-27-21;/h2-13,15,29H;/q-1;. The number of thiazole rings is 1. The monoisotopic (exact) mass is 599 g/mol. The molecule has 0 spiro atoms. The quantitative estimate of drug-likeness (QED) is 0.234. The maximum atomic E-state index is 10.4. The van der Waals surface area contributed by atoms with Crippen LogP contribution >= 0.6 is 11.3 Å². The first-order valence-electron chi connectivity index (χ1n) is 9.27. The molecule has 1 N–H and O–H groups in total. The van der Waals surface area contributed by atoms with Gasteiger partial charge in [-0.05, 0) is 18.2 Å². The Bertz CT molecular complexity index is 1420. The van der Waals surface area contributed by atoms with E-state index < -0.39 is 0 Å². The van der Waals surface area contributed by atoms with E-state index in [2.05, 4.69) is 15.9 Å². The molecule has 0 aliphatic carbocycles. The number of aromatic nitrogens is 2. The molecule has 0 fully saturated rings. The second-order valence-electron chi connectivity index (χ2n) is 6.68. The van der Waals surface area contributed by atoms with Gasteiger partial charge in [-0.2, -0.15) is 0 Å². The van der Waals surface area contributed by atoms with Crippen molar-refractivity contribution in [3.63, 3.8) is 0 Å². The fourth-order valence-electron chi connectivity index (χ4n) is 3.35. The molecule has 0 unspecified atom stereocenters. The molecule has 5 rings (SSSR count). The summed E-state index contributed by atoms with van der Waals surface area (Å²) in [6, 6.07) is 26.3. The van der Waals surface area contributed by atoms with Crippen LogP contribution in [0.3, 0.4) is 0 Å². The molecule has 6 heteroatoms. The van der Waals surface area contributed by atoms with E-state index in [1.165, 1.54) is 17.4 Å². The van der Waals surface area contributed by atoms with Gasteiger partial charge in [0.05, 0.1) is 12.1 Å². The van der Waals surface area contributed by atoms with Crippen molar-refractivity contribution in [3.05, 3.63) is 96.5 Å². The molecule has 0 atom stereocenters. The molecule has 2 aromatic heterocycles. The van der Waals surface area contributed by atoms with Crippen molar-refractivity contribution in [1.82, 2.24) is 9.97 Å². The predicted molar refractivity (Wildman–Crippen MR) is 120 cm³/mol. The van der Waals surface area contributed by atoms with Crippen molar-refractivity contribution in [1.29, 1.82) is 0 Å². The molecule has 0 amide bonds. The number of hydrogen-bond donors (Lipinski definition) is 1. The normalized spacial score (nSPS) is 10.4. The summed E-state index contributed by atoms with van der Waals surface area (Å²) < 4.78 is 1.02. The number of hydrogen-bond acceptors (Lipinski definition) is 4. The molecule has 0 saturated heterocycles. The maximum absolute atomic E-state index is 10.4. The van der Waals surface area contributed by atoms with Crippen LogP contribution in [0.1, 0.15) is 0 Å². The van der Waals surface area contributed by atoms with Crippen molar-refractivity contribution in [2.75, 3.05) is 0 Å². The van der Waals surface area contributed by atoms with Gasteiger partial charge in [0.1, 0.15) is 10.8 Å². The number of benzene rings is 3. The van der Waals surface area contributed by atoms with Gasteiger partial charge < -0.3 is 5.11 Å². The van der Waals surface area contributed by atoms with E-state index in [1.54, 1.807) is 18.3 Å². The van der Waals surface area contributed by atoms with Gasteiger partial charge in [0.15, 0.2) is 5.69 Å². The van der Waals surface area contributed by atoms with Gasteiger partial charge in [0, 0.05) is 43.2 Å². The second kappa shape index (κ2) is 8.81. The Balaban J connectivity index is 0.00000231. The average Bonchev–Trinajstić information content (AvgIpc) is 3.23. The van der Waals surface area contributed by atoms with Crippen molar-refractivity contribution in [3.8, 4) is 38.7 Å². The minimum Gasteiger partial charge on any atom is -0.509 e. The first-order chi connectivity index (χ1) is 14.7. The van der Waals surface area contributed by atoms with Crippen molar-refractivity contribution in [2.45, 2.75) is 0 Å². The second-order valence-corrected chi connectivity index (χ2v) is 7.71. The third-order valence-electron chi connectivity index (χ3n) is 4.79. The number of rotatable bonds is 3. The Morgan fingerprint density at radius 1 is 0.903 bits per heavy atom. The molecular weight excluding hydrogens is 585 g/mol. The predicted octanol–water partition coefficient (Wildman–Crippen LogP) is 6.75. The molecule has 3 aromatic carbocycles. The first-order valence-corrected chi connectivity index (χ1v) is 10.1. The Morgan fingerprint density at radius 3 is 2.52 bits per heavy atom. The van der Waals surface area contributed by atoms with Gasteiger partial charge in [0.25, 0.3) is 0 Å². The summed E-state index contributed by atoms with van der Waals surface area (Å²) in [5.41, 5.74) is 5.60. The van der Waals surface area contributed by atoms with Gasteiger partial charge >= 0.3 is 0 Å². The van der Waals surface area contributed by atoms with E-state index >= 15 is 0 Å². The summed E-state index contributed by atoms with van der Waals surface area (Å²) in [5, 5.41) is 11.1. The maximum Gasteiger partial charge on any atom is 0.190 e. The largest absolute Gasteiger partial charge is 0.509 e. The molecule has 0 radical (unpaired) electrons. The number of para-hydroxylation sites is 1. The molecule has 152 valence electrons. The van der Waals surface area contributed by atoms with Gasteiger partial charge in [-0.3, -0.25) is 4.98 Å². The number of phenolic OH excluding ortho intramolecular Hbond substituents is 1. The third-order valence-corrected chi connectivity index (χ3v) is 5.84. The molecule has 0 saturated carbocycles. The minimum absolute atomic E-state index is 0. The van der Waals surface area contributed by atoms with Crippen molar-refractivity contribution < 1.29 is 26.2 Å². The molecule has 2 heterocycles. The zero-order valence-electron chi connectivity index (χ0n) is 16.0. The molecule has 5 aromatic rings. The zero-order valence-corrected chi connectivity index (χ0v) is 19.1. The summed E-state index contributed by atoms with van der Waals surface area (Å²) in [4.78, 5) is 12.6. The molecule has 31 heavy (non-hydrogen) atoms. The molecular formula is C25H14N3OPtS-. The Kier molecular flexibility index (Phi) is 5.95. The van der Waals surface area contributed by atoms with Gasteiger partial charge in [-0.15, -0.1) is 41.2 Å². The average molecular weight is 600 g/mol. The number of fused-ring (bicyclic) bond motifs is 1. The van der Waals surface area contributed by atoms with Crippen LogP contribution in [0, 0.1) is 12.6 Å². The summed E-state index contributed by atoms with van der Waals surface area (Å²) in [6.45, 7) is 7.10. The van der Waals surface area contributed by atoms with Crippen molar-refractivity contribution in [2.24, 2.45) is 0 Å². The van der Waals surface area contributed by atoms with Crippen LogP contribution in [0.2, 0.25) is 0 Å².